The third-order valence-electron chi connectivity index (χ3n) is 6.86. The Morgan fingerprint density at radius 2 is 1.57 bits per heavy atom. The lowest BCUT2D eigenvalue weighted by Gasteiger charge is -2.39. The number of methoxy groups -OCH3 is 1. The van der Waals surface area contributed by atoms with Crippen LogP contribution in [0.4, 0.5) is 0 Å². The van der Waals surface area contributed by atoms with Crippen LogP contribution < -0.4 is 10.6 Å². The van der Waals surface area contributed by atoms with Crippen LogP contribution >= 0.6 is 7.92 Å². The maximum Gasteiger partial charge on any atom is 0.0618 e. The molecule has 0 amide bonds. The zero-order chi connectivity index (χ0) is 19.3. The average Bonchev–Trinajstić information content (AvgIpc) is 3.40. The van der Waals surface area contributed by atoms with Gasteiger partial charge in [0.15, 0.2) is 0 Å². The minimum atomic E-state index is -0.318. The number of likely N-dealkylation sites (tertiary alicyclic amines) is 1. The number of ether oxygens (including phenoxy) is 1. The van der Waals surface area contributed by atoms with Crippen molar-refractivity contribution in [2.75, 3.05) is 20.3 Å². The van der Waals surface area contributed by atoms with Gasteiger partial charge < -0.3 is 4.74 Å². The van der Waals surface area contributed by atoms with Crippen molar-refractivity contribution in [3.63, 3.8) is 0 Å². The Bertz CT molecular complexity index is 682. The van der Waals surface area contributed by atoms with Crippen LogP contribution in [0.25, 0.3) is 0 Å². The van der Waals surface area contributed by atoms with Gasteiger partial charge in [-0.3, -0.25) is 4.90 Å². The van der Waals surface area contributed by atoms with E-state index in [0.29, 0.717) is 12.1 Å². The van der Waals surface area contributed by atoms with Crippen LogP contribution in [0.1, 0.15) is 39.0 Å². The first kappa shape index (κ1) is 20.1. The SMILES string of the molecule is COC[C@@H]1CCCN1[C@@H](C)C1CCCC1P(c1ccccc1)c1ccccc1. The summed E-state index contributed by atoms with van der Waals surface area (Å²) in [6.45, 7) is 4.63. The molecule has 4 rings (SSSR count). The predicted molar refractivity (Wildman–Crippen MR) is 121 cm³/mol. The zero-order valence-electron chi connectivity index (χ0n) is 17.3. The zero-order valence-corrected chi connectivity index (χ0v) is 18.2. The highest BCUT2D eigenvalue weighted by Crippen LogP contribution is 2.52. The standard InChI is InChI=1S/C25H34NOP/c1-20(26-18-10-11-21(26)19-27-2)24-16-9-17-25(24)28(22-12-5-3-6-13-22)23-14-7-4-8-15-23/h3-8,12-15,20-21,24-25H,9-11,16-19H2,1-2H3/t20-,21-,24?,25?/m0/s1. The van der Waals surface area contributed by atoms with Crippen LogP contribution in [0.5, 0.6) is 0 Å². The van der Waals surface area contributed by atoms with Gasteiger partial charge in [0.25, 0.3) is 0 Å². The van der Waals surface area contributed by atoms with E-state index in [1.807, 2.05) is 7.11 Å². The van der Waals surface area contributed by atoms with Crippen LogP contribution in [-0.4, -0.2) is 42.9 Å². The number of hydrogen-bond donors (Lipinski definition) is 0. The monoisotopic (exact) mass is 395 g/mol. The molecular formula is C25H34NOP. The molecule has 1 aliphatic heterocycles. The maximum atomic E-state index is 5.54. The Labute approximate surface area is 172 Å². The third kappa shape index (κ3) is 4.20. The second-order valence-electron chi connectivity index (χ2n) is 8.43. The molecule has 1 saturated carbocycles. The van der Waals surface area contributed by atoms with E-state index < -0.39 is 0 Å². The minimum absolute atomic E-state index is 0.318. The Morgan fingerprint density at radius 3 is 2.18 bits per heavy atom. The summed E-state index contributed by atoms with van der Waals surface area (Å²) >= 11 is 0. The summed E-state index contributed by atoms with van der Waals surface area (Å²) in [6.07, 6.45) is 6.73. The molecule has 1 aliphatic carbocycles. The highest BCUT2D eigenvalue weighted by Gasteiger charge is 2.41. The van der Waals surface area contributed by atoms with Crippen molar-refractivity contribution in [1.29, 1.82) is 0 Å². The Balaban J connectivity index is 1.62. The summed E-state index contributed by atoms with van der Waals surface area (Å²) < 4.78 is 5.54. The third-order valence-corrected chi connectivity index (χ3v) is 9.87. The minimum Gasteiger partial charge on any atom is -0.383 e. The second-order valence-corrected chi connectivity index (χ2v) is 10.9. The molecule has 2 unspecified atom stereocenters. The Hall–Kier alpha value is -1.21. The lowest BCUT2D eigenvalue weighted by molar-refractivity contribution is 0.0750. The molecular weight excluding hydrogens is 361 g/mol. The van der Waals surface area contributed by atoms with Gasteiger partial charge in [0.2, 0.25) is 0 Å². The number of rotatable bonds is 7. The molecule has 2 fully saturated rings. The highest BCUT2D eigenvalue weighted by atomic mass is 31.1. The summed E-state index contributed by atoms with van der Waals surface area (Å²) in [4.78, 5) is 2.77. The van der Waals surface area contributed by atoms with Crippen LogP contribution in [0.15, 0.2) is 60.7 Å². The van der Waals surface area contributed by atoms with Crippen molar-refractivity contribution in [2.24, 2.45) is 5.92 Å². The van der Waals surface area contributed by atoms with Gasteiger partial charge >= 0.3 is 0 Å². The van der Waals surface area contributed by atoms with Crippen molar-refractivity contribution in [2.45, 2.75) is 56.8 Å². The molecule has 2 aliphatic rings. The summed E-state index contributed by atoms with van der Waals surface area (Å²) in [7, 11) is 1.53. The first-order valence-electron chi connectivity index (χ1n) is 10.9. The van der Waals surface area contributed by atoms with Gasteiger partial charge in [-0.15, -0.1) is 0 Å². The van der Waals surface area contributed by atoms with Crippen molar-refractivity contribution in [3.8, 4) is 0 Å². The fourth-order valence-electron chi connectivity index (χ4n) is 5.57. The van der Waals surface area contributed by atoms with E-state index in [9.17, 15) is 0 Å². The fraction of sp³-hybridized carbons (Fsp3) is 0.520. The molecule has 150 valence electrons. The number of hydrogen-bond acceptors (Lipinski definition) is 2. The topological polar surface area (TPSA) is 12.5 Å². The number of nitrogens with zero attached hydrogens (tertiary/aromatic N) is 1. The van der Waals surface area contributed by atoms with Gasteiger partial charge in [-0.25, -0.2) is 0 Å². The lowest BCUT2D eigenvalue weighted by atomic mass is 9.97. The summed E-state index contributed by atoms with van der Waals surface area (Å²) in [5.41, 5.74) is 0.776. The second kappa shape index (κ2) is 9.53. The summed E-state index contributed by atoms with van der Waals surface area (Å²) in [6, 6.07) is 23.9. The van der Waals surface area contributed by atoms with Gasteiger partial charge in [-0.2, -0.15) is 0 Å². The normalized spacial score (nSPS) is 26.8. The smallest absolute Gasteiger partial charge is 0.0618 e. The first-order valence-corrected chi connectivity index (χ1v) is 12.3. The first-order chi connectivity index (χ1) is 13.8. The van der Waals surface area contributed by atoms with Crippen molar-refractivity contribution in [1.82, 2.24) is 4.90 Å². The fourth-order valence-corrected chi connectivity index (χ4v) is 8.85. The van der Waals surface area contributed by atoms with E-state index in [4.69, 9.17) is 4.74 Å². The molecule has 1 saturated heterocycles. The Kier molecular flexibility index (Phi) is 6.83. The van der Waals surface area contributed by atoms with Gasteiger partial charge in [0.05, 0.1) is 6.61 Å². The molecule has 0 aromatic heterocycles. The Morgan fingerprint density at radius 1 is 0.929 bits per heavy atom. The molecule has 28 heavy (non-hydrogen) atoms. The van der Waals surface area contributed by atoms with E-state index in [1.54, 1.807) is 10.6 Å². The van der Waals surface area contributed by atoms with E-state index in [0.717, 1.165) is 18.2 Å². The molecule has 0 N–H and O–H groups in total. The van der Waals surface area contributed by atoms with Crippen LogP contribution in [0, 0.1) is 5.92 Å². The molecule has 0 bridgehead atoms. The van der Waals surface area contributed by atoms with Gasteiger partial charge in [-0.05, 0) is 69.3 Å². The lowest BCUT2D eigenvalue weighted by Crippen LogP contribution is -2.46. The molecule has 1 heterocycles. The summed E-state index contributed by atoms with van der Waals surface area (Å²) in [5.74, 6) is 0.781. The quantitative estimate of drug-likeness (QED) is 0.625. The highest BCUT2D eigenvalue weighted by molar-refractivity contribution is 7.73. The van der Waals surface area contributed by atoms with Crippen LogP contribution in [-0.2, 0) is 4.74 Å². The van der Waals surface area contributed by atoms with Crippen molar-refractivity contribution in [3.05, 3.63) is 60.7 Å². The molecule has 4 atom stereocenters. The van der Waals surface area contributed by atoms with Crippen LogP contribution in [0.2, 0.25) is 0 Å². The number of benzene rings is 2. The molecule has 0 radical (unpaired) electrons. The summed E-state index contributed by atoms with van der Waals surface area (Å²) in [5, 5.41) is 3.09. The van der Waals surface area contributed by atoms with E-state index in [-0.39, 0.29) is 7.92 Å². The van der Waals surface area contributed by atoms with Gasteiger partial charge in [-0.1, -0.05) is 67.1 Å². The van der Waals surface area contributed by atoms with Crippen molar-refractivity contribution >= 4 is 18.5 Å². The van der Waals surface area contributed by atoms with Gasteiger partial charge in [0, 0.05) is 19.2 Å². The molecule has 2 aromatic rings. The van der Waals surface area contributed by atoms with Crippen molar-refractivity contribution < 1.29 is 4.74 Å². The average molecular weight is 396 g/mol. The predicted octanol–water partition coefficient (Wildman–Crippen LogP) is 4.79. The van der Waals surface area contributed by atoms with E-state index in [2.05, 4.69) is 72.5 Å². The largest absolute Gasteiger partial charge is 0.383 e. The van der Waals surface area contributed by atoms with E-state index in [1.165, 1.54) is 38.6 Å². The van der Waals surface area contributed by atoms with Gasteiger partial charge in [0.1, 0.15) is 0 Å². The van der Waals surface area contributed by atoms with E-state index >= 15 is 0 Å². The molecule has 2 aromatic carbocycles. The van der Waals surface area contributed by atoms with Crippen LogP contribution in [0.3, 0.4) is 0 Å². The molecule has 2 nitrogen and oxygen atoms in total. The molecule has 0 spiro atoms. The molecule has 3 heteroatoms. The maximum absolute atomic E-state index is 5.54.